The first-order valence-corrected chi connectivity index (χ1v) is 8.82. The molecule has 2 bridgehead atoms. The highest BCUT2D eigenvalue weighted by Gasteiger charge is 2.71. The zero-order chi connectivity index (χ0) is 19.1. The van der Waals surface area contributed by atoms with Crippen molar-refractivity contribution in [1.29, 1.82) is 0 Å². The molecule has 3 aliphatic rings. The first kappa shape index (κ1) is 16.3. The summed E-state index contributed by atoms with van der Waals surface area (Å²) in [4.78, 5) is 38.1. The molecule has 2 amide bonds. The van der Waals surface area contributed by atoms with Crippen molar-refractivity contribution in [3.8, 4) is 0 Å². The zero-order valence-electron chi connectivity index (χ0n) is 14.1. The standard InChI is InChI=1S/C19H16N2O6/c22-17-15-11-5-6-12(19(11,24)25)16(15)18(23)20(17)13-7-8-14(21(26)27)10-4-2-1-3-9(10)13/h1-4,7-8,11-12,15-16,24-25H,5-6H2/t11-,12+,15-,16+. The highest BCUT2D eigenvalue weighted by Crippen LogP contribution is 2.61. The van der Waals surface area contributed by atoms with Gasteiger partial charge >= 0.3 is 0 Å². The lowest BCUT2D eigenvalue weighted by Gasteiger charge is -2.26. The molecule has 3 fully saturated rings. The fraction of sp³-hybridized carbons (Fsp3) is 0.368. The first-order valence-electron chi connectivity index (χ1n) is 8.82. The van der Waals surface area contributed by atoms with E-state index in [4.69, 9.17) is 0 Å². The monoisotopic (exact) mass is 368 g/mol. The van der Waals surface area contributed by atoms with Gasteiger partial charge in [0.25, 0.3) is 5.69 Å². The SMILES string of the molecule is O=C1[C@@H]2[C@H](C(=O)N1c1ccc([N+](=O)[O-])c3ccccc13)[C@H]1CC[C@@H]2C1(O)O. The van der Waals surface area contributed by atoms with Crippen LogP contribution in [0.2, 0.25) is 0 Å². The van der Waals surface area contributed by atoms with Crippen LogP contribution in [0.4, 0.5) is 11.4 Å². The van der Waals surface area contributed by atoms with Gasteiger partial charge < -0.3 is 10.2 Å². The summed E-state index contributed by atoms with van der Waals surface area (Å²) in [6.45, 7) is 0. The maximum atomic E-state index is 13.1. The van der Waals surface area contributed by atoms with Gasteiger partial charge in [-0.15, -0.1) is 0 Å². The molecule has 27 heavy (non-hydrogen) atoms. The molecule has 5 rings (SSSR count). The Labute approximate surface area is 153 Å². The van der Waals surface area contributed by atoms with Crippen molar-refractivity contribution in [3.63, 3.8) is 0 Å². The highest BCUT2D eigenvalue weighted by atomic mass is 16.6. The Morgan fingerprint density at radius 3 is 2.07 bits per heavy atom. The number of imide groups is 1. The molecule has 8 nitrogen and oxygen atoms in total. The fourth-order valence-electron chi connectivity index (χ4n) is 5.36. The predicted octanol–water partition coefficient (Wildman–Crippen LogP) is 1.57. The number of carbonyl (C=O) groups excluding carboxylic acids is 2. The Kier molecular flexibility index (Phi) is 3.10. The Hall–Kier alpha value is -2.84. The topological polar surface area (TPSA) is 121 Å². The van der Waals surface area contributed by atoms with Crippen LogP contribution in [-0.4, -0.2) is 32.7 Å². The van der Waals surface area contributed by atoms with Crippen LogP contribution in [0.15, 0.2) is 36.4 Å². The molecule has 4 atom stereocenters. The minimum atomic E-state index is -1.98. The molecule has 2 N–H and O–H groups in total. The van der Waals surface area contributed by atoms with Crippen molar-refractivity contribution in [2.45, 2.75) is 18.6 Å². The Morgan fingerprint density at radius 2 is 1.52 bits per heavy atom. The summed E-state index contributed by atoms with van der Waals surface area (Å²) in [6, 6.07) is 9.29. The number of anilines is 1. The van der Waals surface area contributed by atoms with Crippen LogP contribution in [0.5, 0.6) is 0 Å². The molecule has 1 aliphatic heterocycles. The predicted molar refractivity (Wildman–Crippen MR) is 93.5 cm³/mol. The largest absolute Gasteiger partial charge is 0.365 e. The van der Waals surface area contributed by atoms with Crippen molar-refractivity contribution in [2.75, 3.05) is 4.90 Å². The van der Waals surface area contributed by atoms with Gasteiger partial charge in [-0.1, -0.05) is 18.2 Å². The van der Waals surface area contributed by atoms with Crippen LogP contribution in [0.1, 0.15) is 12.8 Å². The van der Waals surface area contributed by atoms with E-state index in [1.807, 2.05) is 0 Å². The average Bonchev–Trinajstić information content (AvgIpc) is 3.17. The number of carbonyl (C=O) groups is 2. The molecule has 2 aromatic carbocycles. The summed E-state index contributed by atoms with van der Waals surface area (Å²) in [6.07, 6.45) is 0.986. The number of hydrogen-bond acceptors (Lipinski definition) is 6. The van der Waals surface area contributed by atoms with Crippen molar-refractivity contribution < 1.29 is 24.7 Å². The summed E-state index contributed by atoms with van der Waals surface area (Å²) in [5, 5.41) is 32.7. The molecule has 1 saturated heterocycles. The first-order chi connectivity index (χ1) is 12.8. The molecule has 0 aromatic heterocycles. The third kappa shape index (κ3) is 1.89. The van der Waals surface area contributed by atoms with Crippen molar-refractivity contribution in [1.82, 2.24) is 0 Å². The van der Waals surface area contributed by atoms with Gasteiger partial charge in [0, 0.05) is 23.3 Å². The third-order valence-electron chi connectivity index (χ3n) is 6.46. The summed E-state index contributed by atoms with van der Waals surface area (Å²) in [5.74, 6) is -5.70. The second-order valence-electron chi connectivity index (χ2n) is 7.54. The van der Waals surface area contributed by atoms with E-state index in [1.165, 1.54) is 12.1 Å². The van der Waals surface area contributed by atoms with E-state index in [1.54, 1.807) is 24.3 Å². The van der Waals surface area contributed by atoms with E-state index in [-0.39, 0.29) is 5.69 Å². The molecule has 0 unspecified atom stereocenters. The van der Waals surface area contributed by atoms with E-state index in [0.717, 1.165) is 4.90 Å². The maximum absolute atomic E-state index is 13.1. The fourth-order valence-corrected chi connectivity index (χ4v) is 5.36. The van der Waals surface area contributed by atoms with E-state index in [0.29, 0.717) is 29.3 Å². The van der Waals surface area contributed by atoms with Gasteiger partial charge in [0.1, 0.15) is 0 Å². The van der Waals surface area contributed by atoms with Crippen molar-refractivity contribution in [3.05, 3.63) is 46.5 Å². The maximum Gasteiger partial charge on any atom is 0.277 e. The van der Waals surface area contributed by atoms with E-state index in [9.17, 15) is 29.9 Å². The Bertz CT molecular complexity index is 1000. The number of non-ortho nitro benzene ring substituents is 1. The number of amides is 2. The molecule has 2 aromatic rings. The molecule has 0 radical (unpaired) electrons. The van der Waals surface area contributed by atoms with Crippen LogP contribution in [0.3, 0.4) is 0 Å². The van der Waals surface area contributed by atoms with Gasteiger partial charge in [-0.25, -0.2) is 4.90 Å². The Morgan fingerprint density at radius 1 is 0.963 bits per heavy atom. The molecule has 1 heterocycles. The van der Waals surface area contributed by atoms with E-state index in [2.05, 4.69) is 0 Å². The summed E-state index contributed by atoms with van der Waals surface area (Å²) >= 11 is 0. The van der Waals surface area contributed by atoms with E-state index < -0.39 is 46.2 Å². The molecule has 138 valence electrons. The van der Waals surface area contributed by atoms with Gasteiger partial charge in [0.05, 0.1) is 27.8 Å². The number of aliphatic hydroxyl groups is 2. The second kappa shape index (κ2) is 5.11. The number of rotatable bonds is 2. The number of hydrogen-bond donors (Lipinski definition) is 2. The van der Waals surface area contributed by atoms with Crippen LogP contribution >= 0.6 is 0 Å². The quantitative estimate of drug-likeness (QED) is 0.359. The summed E-state index contributed by atoms with van der Waals surface area (Å²) in [5.41, 5.74) is 0.208. The normalized spacial score (nSPS) is 31.0. The van der Waals surface area contributed by atoms with Crippen LogP contribution in [0, 0.1) is 33.8 Å². The van der Waals surface area contributed by atoms with Gasteiger partial charge in [-0.2, -0.15) is 0 Å². The van der Waals surface area contributed by atoms with Crippen LogP contribution < -0.4 is 4.90 Å². The number of fused-ring (bicyclic) bond motifs is 6. The lowest BCUT2D eigenvalue weighted by molar-refractivity contribution is -0.383. The van der Waals surface area contributed by atoms with Crippen molar-refractivity contribution >= 4 is 34.0 Å². The van der Waals surface area contributed by atoms with Crippen molar-refractivity contribution in [2.24, 2.45) is 23.7 Å². The highest BCUT2D eigenvalue weighted by molar-refractivity contribution is 6.26. The van der Waals surface area contributed by atoms with E-state index >= 15 is 0 Å². The molecule has 2 saturated carbocycles. The summed E-state index contributed by atoms with van der Waals surface area (Å²) in [7, 11) is 0. The van der Waals surface area contributed by atoms with Crippen LogP contribution in [0.25, 0.3) is 10.8 Å². The van der Waals surface area contributed by atoms with Gasteiger partial charge in [0.15, 0.2) is 5.79 Å². The molecular weight excluding hydrogens is 352 g/mol. The minimum absolute atomic E-state index is 0.0987. The summed E-state index contributed by atoms with van der Waals surface area (Å²) < 4.78 is 0. The Balaban J connectivity index is 1.66. The number of benzene rings is 2. The van der Waals surface area contributed by atoms with Gasteiger partial charge in [-0.05, 0) is 25.0 Å². The number of nitrogens with zero attached hydrogens (tertiary/aromatic N) is 2. The third-order valence-corrected chi connectivity index (χ3v) is 6.46. The molecular formula is C19H16N2O6. The lowest BCUT2D eigenvalue weighted by atomic mass is 9.81. The van der Waals surface area contributed by atoms with Gasteiger partial charge in [-0.3, -0.25) is 19.7 Å². The second-order valence-corrected chi connectivity index (χ2v) is 7.54. The number of nitro groups is 1. The minimum Gasteiger partial charge on any atom is -0.365 e. The smallest absolute Gasteiger partial charge is 0.277 e. The average molecular weight is 368 g/mol. The van der Waals surface area contributed by atoms with Crippen LogP contribution in [-0.2, 0) is 9.59 Å². The molecule has 8 heteroatoms. The lowest BCUT2D eigenvalue weighted by Crippen LogP contribution is -2.42. The zero-order valence-corrected chi connectivity index (χ0v) is 14.1. The molecule has 2 aliphatic carbocycles. The number of nitro benzene ring substituents is 1. The van der Waals surface area contributed by atoms with Gasteiger partial charge in [0.2, 0.25) is 11.8 Å². The molecule has 0 spiro atoms.